The average molecular weight is 392 g/mol. The van der Waals surface area contributed by atoms with E-state index in [9.17, 15) is 18.8 Å². The van der Waals surface area contributed by atoms with E-state index in [0.29, 0.717) is 5.69 Å². The number of carbonyl (C=O) groups excluding carboxylic acids is 3. The zero-order valence-electron chi connectivity index (χ0n) is 15.2. The molecule has 0 saturated heterocycles. The quantitative estimate of drug-likeness (QED) is 0.624. The minimum Gasteiger partial charge on any atom is -0.452 e. The van der Waals surface area contributed by atoms with Crippen molar-refractivity contribution >= 4 is 29.2 Å². The lowest BCUT2D eigenvalue weighted by Gasteiger charge is -2.12. The van der Waals surface area contributed by atoms with E-state index in [-0.39, 0.29) is 16.8 Å². The summed E-state index contributed by atoms with van der Waals surface area (Å²) in [6, 6.07) is 20.6. The molecule has 0 aliphatic carbocycles. The van der Waals surface area contributed by atoms with Crippen LogP contribution in [0.15, 0.2) is 78.9 Å². The van der Waals surface area contributed by atoms with Gasteiger partial charge in [-0.05, 0) is 36.4 Å². The maximum Gasteiger partial charge on any atom is 0.341 e. The maximum absolute atomic E-state index is 13.6. The first-order valence-corrected chi connectivity index (χ1v) is 8.71. The van der Waals surface area contributed by atoms with E-state index in [1.165, 1.54) is 18.2 Å². The summed E-state index contributed by atoms with van der Waals surface area (Å²) in [6.07, 6.45) is 0. The average Bonchev–Trinajstić information content (AvgIpc) is 2.73. The van der Waals surface area contributed by atoms with Crippen molar-refractivity contribution in [1.82, 2.24) is 0 Å². The second kappa shape index (κ2) is 9.27. The molecule has 0 aliphatic rings. The van der Waals surface area contributed by atoms with Gasteiger partial charge in [0.1, 0.15) is 5.82 Å². The lowest BCUT2D eigenvalue weighted by Crippen LogP contribution is -2.23. The van der Waals surface area contributed by atoms with Crippen LogP contribution in [0.2, 0.25) is 0 Å². The van der Waals surface area contributed by atoms with Crippen LogP contribution in [-0.2, 0) is 9.53 Å². The van der Waals surface area contributed by atoms with Gasteiger partial charge in [-0.3, -0.25) is 9.59 Å². The van der Waals surface area contributed by atoms with Crippen LogP contribution in [-0.4, -0.2) is 24.4 Å². The molecule has 7 heteroatoms. The highest BCUT2D eigenvalue weighted by atomic mass is 19.1. The van der Waals surface area contributed by atoms with Gasteiger partial charge in [-0.25, -0.2) is 9.18 Å². The summed E-state index contributed by atoms with van der Waals surface area (Å²) in [7, 11) is 0. The summed E-state index contributed by atoms with van der Waals surface area (Å²) in [4.78, 5) is 36.6. The molecule has 0 aromatic heterocycles. The Kier molecular flexibility index (Phi) is 6.32. The van der Waals surface area contributed by atoms with Crippen molar-refractivity contribution in [2.45, 2.75) is 0 Å². The zero-order valence-corrected chi connectivity index (χ0v) is 15.2. The molecule has 0 spiro atoms. The molecule has 0 saturated carbocycles. The molecule has 29 heavy (non-hydrogen) atoms. The molecule has 2 amide bonds. The molecule has 3 aromatic carbocycles. The summed E-state index contributed by atoms with van der Waals surface area (Å²) in [6.45, 7) is -0.623. The summed E-state index contributed by atoms with van der Waals surface area (Å²) >= 11 is 0. The summed E-state index contributed by atoms with van der Waals surface area (Å²) in [5, 5.41) is 5.26. The van der Waals surface area contributed by atoms with Crippen molar-refractivity contribution in [3.63, 3.8) is 0 Å². The third-order valence-corrected chi connectivity index (χ3v) is 3.91. The van der Waals surface area contributed by atoms with Crippen LogP contribution in [0.4, 0.5) is 15.8 Å². The summed E-state index contributed by atoms with van der Waals surface area (Å²) in [5.41, 5.74) is 0.846. The van der Waals surface area contributed by atoms with Crippen LogP contribution in [0, 0.1) is 5.82 Å². The third-order valence-electron chi connectivity index (χ3n) is 3.91. The minimum absolute atomic E-state index is 0.241. The molecule has 0 bridgehead atoms. The maximum atomic E-state index is 13.6. The molecule has 6 nitrogen and oxygen atoms in total. The molecular weight excluding hydrogens is 375 g/mol. The topological polar surface area (TPSA) is 84.5 Å². The number of esters is 1. The number of hydrogen-bond donors (Lipinski definition) is 2. The Morgan fingerprint density at radius 1 is 0.759 bits per heavy atom. The van der Waals surface area contributed by atoms with Crippen LogP contribution >= 0.6 is 0 Å². The van der Waals surface area contributed by atoms with Crippen molar-refractivity contribution in [3.8, 4) is 0 Å². The Labute approximate surface area is 166 Å². The Morgan fingerprint density at radius 3 is 2.10 bits per heavy atom. The van der Waals surface area contributed by atoms with E-state index in [1.54, 1.807) is 48.5 Å². The number of halogens is 1. The molecule has 0 radical (unpaired) electrons. The number of rotatable bonds is 6. The number of benzene rings is 3. The molecular formula is C22H17FN2O4. The molecule has 0 atom stereocenters. The molecule has 3 rings (SSSR count). The fraction of sp³-hybridized carbons (Fsp3) is 0.0455. The lowest BCUT2D eigenvalue weighted by atomic mass is 10.1. The predicted octanol–water partition coefficient (Wildman–Crippen LogP) is 3.87. The first kappa shape index (κ1) is 19.8. The number of nitrogens with one attached hydrogen (secondary N) is 2. The highest BCUT2D eigenvalue weighted by Crippen LogP contribution is 2.17. The number of para-hydroxylation sites is 2. The fourth-order valence-electron chi connectivity index (χ4n) is 2.53. The van der Waals surface area contributed by atoms with Crippen molar-refractivity contribution in [2.24, 2.45) is 0 Å². The van der Waals surface area contributed by atoms with Gasteiger partial charge >= 0.3 is 5.97 Å². The van der Waals surface area contributed by atoms with E-state index < -0.39 is 30.2 Å². The monoisotopic (exact) mass is 392 g/mol. The van der Waals surface area contributed by atoms with Gasteiger partial charge < -0.3 is 15.4 Å². The van der Waals surface area contributed by atoms with E-state index in [2.05, 4.69) is 10.6 Å². The van der Waals surface area contributed by atoms with Crippen LogP contribution < -0.4 is 10.6 Å². The number of amides is 2. The van der Waals surface area contributed by atoms with Crippen LogP contribution in [0.25, 0.3) is 0 Å². The van der Waals surface area contributed by atoms with Gasteiger partial charge in [-0.2, -0.15) is 0 Å². The third kappa shape index (κ3) is 5.26. The number of hydrogen-bond acceptors (Lipinski definition) is 4. The number of anilines is 2. The van der Waals surface area contributed by atoms with E-state index in [0.717, 1.165) is 6.07 Å². The van der Waals surface area contributed by atoms with Crippen LogP contribution in [0.1, 0.15) is 20.7 Å². The Balaban J connectivity index is 1.63. The molecule has 0 unspecified atom stereocenters. The summed E-state index contributed by atoms with van der Waals surface area (Å²) in [5.74, 6) is -2.75. The van der Waals surface area contributed by atoms with Crippen LogP contribution in [0.3, 0.4) is 0 Å². The Bertz CT molecular complexity index is 1040. The molecule has 146 valence electrons. The molecule has 0 fully saturated rings. The van der Waals surface area contributed by atoms with E-state index >= 15 is 0 Å². The van der Waals surface area contributed by atoms with Crippen molar-refractivity contribution < 1.29 is 23.5 Å². The molecule has 0 aliphatic heterocycles. The van der Waals surface area contributed by atoms with Gasteiger partial charge in [0, 0.05) is 5.69 Å². The largest absolute Gasteiger partial charge is 0.452 e. The lowest BCUT2D eigenvalue weighted by molar-refractivity contribution is -0.119. The summed E-state index contributed by atoms with van der Waals surface area (Å²) < 4.78 is 18.4. The van der Waals surface area contributed by atoms with Gasteiger partial charge in [-0.1, -0.05) is 42.5 Å². The van der Waals surface area contributed by atoms with Crippen molar-refractivity contribution in [2.75, 3.05) is 17.2 Å². The second-order valence-electron chi connectivity index (χ2n) is 5.97. The zero-order chi connectivity index (χ0) is 20.6. The number of ether oxygens (including phenoxy) is 1. The SMILES string of the molecule is O=C(COC(=O)c1ccccc1F)Nc1ccccc1C(=O)Nc1ccccc1. The molecule has 0 heterocycles. The van der Waals surface area contributed by atoms with Crippen LogP contribution in [0.5, 0.6) is 0 Å². The normalized spacial score (nSPS) is 10.1. The number of carbonyl (C=O) groups is 3. The first-order valence-electron chi connectivity index (χ1n) is 8.71. The van der Waals surface area contributed by atoms with Gasteiger partial charge in [0.15, 0.2) is 6.61 Å². The second-order valence-corrected chi connectivity index (χ2v) is 5.97. The van der Waals surface area contributed by atoms with Gasteiger partial charge in [0.2, 0.25) is 0 Å². The Hall–Kier alpha value is -4.00. The van der Waals surface area contributed by atoms with Crippen molar-refractivity contribution in [1.29, 1.82) is 0 Å². The van der Waals surface area contributed by atoms with Gasteiger partial charge in [0.05, 0.1) is 16.8 Å². The predicted molar refractivity (Wildman–Crippen MR) is 106 cm³/mol. The highest BCUT2D eigenvalue weighted by molar-refractivity contribution is 6.10. The first-order chi connectivity index (χ1) is 14.0. The van der Waals surface area contributed by atoms with Crippen molar-refractivity contribution in [3.05, 3.63) is 95.8 Å². The van der Waals surface area contributed by atoms with Gasteiger partial charge in [0.25, 0.3) is 11.8 Å². The van der Waals surface area contributed by atoms with E-state index in [4.69, 9.17) is 4.74 Å². The van der Waals surface area contributed by atoms with E-state index in [1.807, 2.05) is 6.07 Å². The Morgan fingerprint density at radius 2 is 1.38 bits per heavy atom. The fourth-order valence-corrected chi connectivity index (χ4v) is 2.53. The standard InChI is InChI=1S/C22H17FN2O4/c23-18-12-6-4-10-16(18)22(28)29-14-20(26)25-19-13-7-5-11-17(19)21(27)24-15-8-2-1-3-9-15/h1-13H,14H2,(H,24,27)(H,25,26). The highest BCUT2D eigenvalue weighted by Gasteiger charge is 2.16. The van der Waals surface area contributed by atoms with Gasteiger partial charge in [-0.15, -0.1) is 0 Å². The molecule has 2 N–H and O–H groups in total. The molecule has 3 aromatic rings. The minimum atomic E-state index is -0.951. The smallest absolute Gasteiger partial charge is 0.341 e.